The second-order valence-corrected chi connectivity index (χ2v) is 7.38. The average molecular weight is 469 g/mol. The fourth-order valence-electron chi connectivity index (χ4n) is 2.82. The van der Waals surface area contributed by atoms with E-state index in [4.69, 9.17) is 26.8 Å². The summed E-state index contributed by atoms with van der Waals surface area (Å²) < 4.78 is 29.3. The Kier molecular flexibility index (Phi) is 6.27. The second-order valence-electron chi connectivity index (χ2n) is 6.03. The third kappa shape index (κ3) is 4.23. The van der Waals surface area contributed by atoms with Gasteiger partial charge in [0.2, 0.25) is 0 Å². The zero-order valence-corrected chi connectivity index (χ0v) is 17.6. The van der Waals surface area contributed by atoms with Crippen molar-refractivity contribution in [2.24, 2.45) is 5.73 Å². The van der Waals surface area contributed by atoms with E-state index < -0.39 is 36.0 Å². The van der Waals surface area contributed by atoms with Gasteiger partial charge < -0.3 is 19.9 Å². The minimum Gasteiger partial charge on any atom is -0.463 e. The highest BCUT2D eigenvalue weighted by Crippen LogP contribution is 2.44. The summed E-state index contributed by atoms with van der Waals surface area (Å²) in [6.07, 6.45) is -1.87. The van der Waals surface area contributed by atoms with Crippen molar-refractivity contribution in [3.05, 3.63) is 50.9 Å². The molecule has 1 atom stereocenters. The Balaban J connectivity index is 2.27. The van der Waals surface area contributed by atoms with Gasteiger partial charge in [0.1, 0.15) is 5.82 Å². The van der Waals surface area contributed by atoms with Crippen LogP contribution in [0.3, 0.4) is 0 Å². The first-order chi connectivity index (χ1) is 14.6. The maximum absolute atomic E-state index is 14.2. The van der Waals surface area contributed by atoms with E-state index in [1.165, 1.54) is 0 Å². The number of nitrogens with two attached hydrogens (primary N) is 1. The number of ether oxygens (including phenoxy) is 3. The number of halogens is 2. The molecule has 0 fully saturated rings. The van der Waals surface area contributed by atoms with Crippen LogP contribution in [0.25, 0.3) is 11.3 Å². The minimum atomic E-state index is -1.87. The van der Waals surface area contributed by atoms with E-state index in [1.807, 2.05) is 0 Å². The van der Waals surface area contributed by atoms with Crippen molar-refractivity contribution in [1.82, 2.24) is 0 Å². The molecule has 2 N–H and O–H groups in total. The minimum absolute atomic E-state index is 0.0551. The number of thiophene rings is 1. The lowest BCUT2D eigenvalue weighted by molar-refractivity contribution is -0.186. The molecule has 0 saturated heterocycles. The Morgan fingerprint density at radius 3 is 2.52 bits per heavy atom. The maximum Gasteiger partial charge on any atom is 0.389 e. The first-order valence-corrected chi connectivity index (χ1v) is 9.74. The zero-order chi connectivity index (χ0) is 22.9. The van der Waals surface area contributed by atoms with Crippen LogP contribution in [0.15, 0.2) is 29.6 Å². The normalized spacial score (nSPS) is 15.2. The van der Waals surface area contributed by atoms with Crippen LogP contribution in [0.2, 0.25) is 5.02 Å². The fraction of sp³-hybridized carbons (Fsp3) is 0.158. The lowest BCUT2D eigenvalue weighted by atomic mass is 10.0. The van der Waals surface area contributed by atoms with Crippen LogP contribution in [-0.4, -0.2) is 37.3 Å². The number of rotatable bonds is 5. The molecular formula is C19H14ClFN2O7S. The highest BCUT2D eigenvalue weighted by atomic mass is 35.5. The van der Waals surface area contributed by atoms with Gasteiger partial charge in [0.15, 0.2) is 5.76 Å². The van der Waals surface area contributed by atoms with Gasteiger partial charge in [0, 0.05) is 12.5 Å². The number of imide groups is 1. The van der Waals surface area contributed by atoms with Crippen LogP contribution in [0.1, 0.15) is 17.4 Å². The van der Waals surface area contributed by atoms with Crippen molar-refractivity contribution in [1.29, 1.82) is 0 Å². The highest BCUT2D eigenvalue weighted by molar-refractivity contribution is 7.11. The Morgan fingerprint density at radius 2 is 1.97 bits per heavy atom. The number of hydrogen-bond donors (Lipinski definition) is 1. The number of benzene rings is 1. The van der Waals surface area contributed by atoms with Crippen molar-refractivity contribution >= 4 is 63.8 Å². The van der Waals surface area contributed by atoms with Crippen molar-refractivity contribution in [2.75, 3.05) is 12.0 Å². The van der Waals surface area contributed by atoms with Crippen LogP contribution in [0.5, 0.6) is 0 Å². The zero-order valence-electron chi connectivity index (χ0n) is 16.0. The number of fused-ring (bicyclic) bond motifs is 1. The smallest absolute Gasteiger partial charge is 0.389 e. The van der Waals surface area contributed by atoms with E-state index in [1.54, 1.807) is 17.5 Å². The molecule has 2 aromatic rings. The van der Waals surface area contributed by atoms with E-state index in [2.05, 4.69) is 4.74 Å². The van der Waals surface area contributed by atoms with Gasteiger partial charge in [-0.25, -0.2) is 18.9 Å². The molecular weight excluding hydrogens is 455 g/mol. The maximum atomic E-state index is 14.2. The Hall–Kier alpha value is -3.44. The topological polar surface area (TPSA) is 125 Å². The number of carbonyl (C=O) groups is 4. The van der Waals surface area contributed by atoms with Gasteiger partial charge in [-0.05, 0) is 23.6 Å². The van der Waals surface area contributed by atoms with Gasteiger partial charge in [-0.2, -0.15) is 0 Å². The van der Waals surface area contributed by atoms with Crippen LogP contribution in [0, 0.1) is 5.82 Å². The van der Waals surface area contributed by atoms with E-state index in [-0.39, 0.29) is 27.6 Å². The third-order valence-electron chi connectivity index (χ3n) is 4.05. The van der Waals surface area contributed by atoms with Crippen molar-refractivity contribution in [3.8, 4) is 0 Å². The lowest BCUT2D eigenvalue weighted by Crippen LogP contribution is -2.38. The molecule has 0 radical (unpaired) electrons. The number of urea groups is 1. The van der Waals surface area contributed by atoms with E-state index in [9.17, 15) is 23.6 Å². The summed E-state index contributed by atoms with van der Waals surface area (Å²) in [5.41, 5.74) is 4.92. The molecule has 2 heterocycles. The van der Waals surface area contributed by atoms with Crippen LogP contribution in [0.4, 0.5) is 14.9 Å². The number of nitrogens with zero attached hydrogens (tertiary/aromatic N) is 1. The van der Waals surface area contributed by atoms with Gasteiger partial charge in [0.05, 0.1) is 28.3 Å². The number of anilines is 1. The SMILES string of the molecule is COC(=O)C(OC(C)=O)OC(=C1C(=O)N(C(N)=O)c2cc(Cl)c(F)cc21)c1cccs1. The van der Waals surface area contributed by atoms with Crippen molar-refractivity contribution < 1.29 is 37.8 Å². The molecule has 1 aromatic carbocycles. The molecule has 12 heteroatoms. The Labute approximate surface area is 183 Å². The standard InChI is InChI=1S/C19H14ClFN2O7S/c1-8(24)29-18(17(26)28-2)30-15(13-4-3-5-31-13)14-9-6-11(21)10(20)7-12(9)23(16(14)25)19(22)27/h3-7,18H,1-2H3,(H2,22,27). The Morgan fingerprint density at radius 1 is 1.26 bits per heavy atom. The molecule has 1 aromatic heterocycles. The van der Waals surface area contributed by atoms with E-state index in [0.29, 0.717) is 9.78 Å². The molecule has 3 rings (SSSR count). The quantitative estimate of drug-likeness (QED) is 0.309. The first-order valence-electron chi connectivity index (χ1n) is 8.48. The highest BCUT2D eigenvalue weighted by Gasteiger charge is 2.41. The number of primary amides is 1. The predicted octanol–water partition coefficient (Wildman–Crippen LogP) is 2.91. The lowest BCUT2D eigenvalue weighted by Gasteiger charge is -2.19. The molecule has 1 aliphatic heterocycles. The van der Waals surface area contributed by atoms with E-state index in [0.717, 1.165) is 37.5 Å². The van der Waals surface area contributed by atoms with Crippen LogP contribution < -0.4 is 10.6 Å². The largest absolute Gasteiger partial charge is 0.463 e. The molecule has 0 aliphatic carbocycles. The number of carbonyl (C=O) groups excluding carboxylic acids is 4. The molecule has 1 unspecified atom stereocenters. The number of esters is 2. The summed E-state index contributed by atoms with van der Waals surface area (Å²) in [4.78, 5) is 49.4. The third-order valence-corrected chi connectivity index (χ3v) is 5.21. The van der Waals surface area contributed by atoms with Crippen molar-refractivity contribution in [3.63, 3.8) is 0 Å². The Bertz CT molecular complexity index is 1120. The van der Waals surface area contributed by atoms with Gasteiger partial charge in [-0.15, -0.1) is 11.3 Å². The van der Waals surface area contributed by atoms with Gasteiger partial charge in [-0.1, -0.05) is 17.7 Å². The fourth-order valence-corrected chi connectivity index (χ4v) is 3.69. The molecule has 0 bridgehead atoms. The van der Waals surface area contributed by atoms with Crippen LogP contribution >= 0.6 is 22.9 Å². The molecule has 9 nitrogen and oxygen atoms in total. The van der Waals surface area contributed by atoms with Gasteiger partial charge in [-0.3, -0.25) is 9.59 Å². The predicted molar refractivity (Wildman–Crippen MR) is 108 cm³/mol. The molecule has 3 amide bonds. The average Bonchev–Trinajstić information content (AvgIpc) is 3.31. The monoisotopic (exact) mass is 468 g/mol. The molecule has 0 saturated carbocycles. The van der Waals surface area contributed by atoms with E-state index >= 15 is 0 Å². The molecule has 1 aliphatic rings. The van der Waals surface area contributed by atoms with Gasteiger partial charge in [0.25, 0.3) is 5.91 Å². The number of hydrogen-bond acceptors (Lipinski definition) is 8. The molecule has 162 valence electrons. The molecule has 0 spiro atoms. The molecule has 31 heavy (non-hydrogen) atoms. The summed E-state index contributed by atoms with van der Waals surface area (Å²) in [6.45, 7) is 1.04. The first kappa shape index (κ1) is 22.2. The summed E-state index contributed by atoms with van der Waals surface area (Å²) in [6, 6.07) is 4.03. The number of amides is 3. The summed E-state index contributed by atoms with van der Waals surface area (Å²) in [5.74, 6) is -3.99. The van der Waals surface area contributed by atoms with Gasteiger partial charge >= 0.3 is 24.3 Å². The second kappa shape index (κ2) is 8.74. The summed E-state index contributed by atoms with van der Waals surface area (Å²) >= 11 is 6.92. The van der Waals surface area contributed by atoms with Crippen molar-refractivity contribution in [2.45, 2.75) is 13.2 Å². The summed E-state index contributed by atoms with van der Waals surface area (Å²) in [5, 5.41) is 1.30. The summed E-state index contributed by atoms with van der Waals surface area (Å²) in [7, 11) is 1.04. The number of methoxy groups -OCH3 is 1. The van der Waals surface area contributed by atoms with Crippen LogP contribution in [-0.2, 0) is 28.6 Å².